The predicted octanol–water partition coefficient (Wildman–Crippen LogP) is 2.51. The van der Waals surface area contributed by atoms with Gasteiger partial charge in [0.2, 0.25) is 0 Å². The largest absolute Gasteiger partial charge is 0.464 e. The number of hydrogen-bond donors (Lipinski definition) is 4. The molecule has 0 saturated heterocycles. The van der Waals surface area contributed by atoms with E-state index in [-0.39, 0.29) is 17.6 Å². The van der Waals surface area contributed by atoms with Crippen molar-refractivity contribution in [3.05, 3.63) is 65.0 Å². The Labute approximate surface area is 174 Å². The first-order chi connectivity index (χ1) is 14.3. The Bertz CT molecular complexity index is 1100. The van der Waals surface area contributed by atoms with E-state index in [1.54, 1.807) is 26.0 Å². The van der Waals surface area contributed by atoms with E-state index < -0.39 is 6.04 Å². The highest BCUT2D eigenvalue weighted by molar-refractivity contribution is 5.98. The summed E-state index contributed by atoms with van der Waals surface area (Å²) in [5, 5.41) is 15.2. The van der Waals surface area contributed by atoms with Gasteiger partial charge in [-0.2, -0.15) is 0 Å². The van der Waals surface area contributed by atoms with Gasteiger partial charge >= 0.3 is 5.97 Å². The summed E-state index contributed by atoms with van der Waals surface area (Å²) in [6.07, 6.45) is 1.31. The van der Waals surface area contributed by atoms with E-state index in [0.29, 0.717) is 36.1 Å². The maximum absolute atomic E-state index is 12.4. The number of ether oxygens (including phenoxy) is 1. The number of nitrogens with zero attached hydrogens (tertiary/aromatic N) is 2. The summed E-state index contributed by atoms with van der Waals surface area (Å²) in [6.45, 7) is 3.88. The van der Waals surface area contributed by atoms with Crippen molar-refractivity contribution in [1.82, 2.24) is 9.55 Å². The third-order valence-electron chi connectivity index (χ3n) is 4.99. The maximum Gasteiger partial charge on any atom is 0.328 e. The highest BCUT2D eigenvalue weighted by Crippen LogP contribution is 2.24. The van der Waals surface area contributed by atoms with Crippen molar-refractivity contribution in [2.45, 2.75) is 32.7 Å². The van der Waals surface area contributed by atoms with Gasteiger partial charge in [-0.3, -0.25) is 10.8 Å². The molecule has 1 atom stereocenters. The third kappa shape index (κ3) is 4.32. The molecule has 3 rings (SSSR count). The molecule has 156 valence electrons. The Morgan fingerprint density at radius 1 is 1.07 bits per heavy atom. The molecule has 1 heterocycles. The molecule has 0 saturated carbocycles. The average Bonchev–Trinajstić information content (AvgIpc) is 3.09. The summed E-state index contributed by atoms with van der Waals surface area (Å²) in [7, 11) is 0. The Kier molecular flexibility index (Phi) is 6.15. The summed E-state index contributed by atoms with van der Waals surface area (Å²) in [5.74, 6) is 0.436. The average molecular weight is 406 g/mol. The number of esters is 1. The van der Waals surface area contributed by atoms with Crippen LogP contribution in [-0.2, 0) is 22.4 Å². The molecule has 8 heteroatoms. The van der Waals surface area contributed by atoms with Gasteiger partial charge in [0.25, 0.3) is 0 Å². The number of carbonyl (C=O) groups is 1. The minimum atomic E-state index is -0.534. The highest BCUT2D eigenvalue weighted by Gasteiger charge is 2.23. The van der Waals surface area contributed by atoms with Gasteiger partial charge in [0.15, 0.2) is 0 Å². The second-order valence-electron chi connectivity index (χ2n) is 7.05. The SMILES string of the molecule is CCOC(=O)C(C)n1c(CCc2ccc(C(=N)N)cc2)nc2cc(C(=N)N)ccc21. The van der Waals surface area contributed by atoms with E-state index in [0.717, 1.165) is 16.9 Å². The van der Waals surface area contributed by atoms with E-state index in [4.69, 9.17) is 32.0 Å². The minimum Gasteiger partial charge on any atom is -0.464 e. The smallest absolute Gasteiger partial charge is 0.328 e. The summed E-state index contributed by atoms with van der Waals surface area (Å²) in [4.78, 5) is 17.2. The van der Waals surface area contributed by atoms with Crippen molar-refractivity contribution < 1.29 is 9.53 Å². The van der Waals surface area contributed by atoms with Crippen LogP contribution in [0.1, 0.15) is 42.4 Å². The molecule has 0 aliphatic heterocycles. The second-order valence-corrected chi connectivity index (χ2v) is 7.05. The number of rotatable bonds is 8. The molecular weight excluding hydrogens is 380 g/mol. The number of nitrogens with one attached hydrogen (secondary N) is 2. The second kappa shape index (κ2) is 8.77. The third-order valence-corrected chi connectivity index (χ3v) is 4.99. The van der Waals surface area contributed by atoms with Gasteiger partial charge in [-0.1, -0.05) is 24.3 Å². The number of fused-ring (bicyclic) bond motifs is 1. The number of carbonyl (C=O) groups excluding carboxylic acids is 1. The van der Waals surface area contributed by atoms with Crippen LogP contribution in [0.25, 0.3) is 11.0 Å². The molecule has 0 bridgehead atoms. The minimum absolute atomic E-state index is 0.0306. The molecule has 0 spiro atoms. The van der Waals surface area contributed by atoms with Crippen molar-refractivity contribution >= 4 is 28.7 Å². The number of aromatic nitrogens is 2. The molecule has 0 amide bonds. The number of nitrogen functional groups attached to an aromatic ring is 2. The lowest BCUT2D eigenvalue weighted by atomic mass is 10.1. The zero-order chi connectivity index (χ0) is 21.8. The molecular formula is C22H26N6O2. The van der Waals surface area contributed by atoms with Gasteiger partial charge in [-0.05, 0) is 44.0 Å². The van der Waals surface area contributed by atoms with Gasteiger partial charge in [-0.25, -0.2) is 9.78 Å². The van der Waals surface area contributed by atoms with Crippen molar-refractivity contribution in [2.75, 3.05) is 6.61 Å². The van der Waals surface area contributed by atoms with Crippen LogP contribution in [0.2, 0.25) is 0 Å². The number of nitrogens with two attached hydrogens (primary N) is 2. The van der Waals surface area contributed by atoms with E-state index in [1.807, 2.05) is 34.9 Å². The molecule has 6 N–H and O–H groups in total. The molecule has 0 aliphatic rings. The lowest BCUT2D eigenvalue weighted by Crippen LogP contribution is -2.21. The van der Waals surface area contributed by atoms with Gasteiger partial charge < -0.3 is 20.8 Å². The molecule has 30 heavy (non-hydrogen) atoms. The van der Waals surface area contributed by atoms with Crippen LogP contribution in [-0.4, -0.2) is 33.8 Å². The Morgan fingerprint density at radius 2 is 1.70 bits per heavy atom. The molecule has 0 fully saturated rings. The summed E-state index contributed by atoms with van der Waals surface area (Å²) < 4.78 is 7.11. The standard InChI is InChI=1S/C22H26N6O2/c1-3-30-22(29)13(2)28-18-10-9-16(21(25)26)12-17(18)27-19(28)11-6-14-4-7-15(8-5-14)20(23)24/h4-5,7-10,12-13H,3,6,11H2,1-2H3,(H3,23,24)(H3,25,26). The zero-order valence-electron chi connectivity index (χ0n) is 17.1. The topological polar surface area (TPSA) is 144 Å². The molecule has 1 aromatic heterocycles. The molecule has 0 aliphatic carbocycles. The lowest BCUT2D eigenvalue weighted by molar-refractivity contribution is -0.146. The van der Waals surface area contributed by atoms with Gasteiger partial charge in [0.05, 0.1) is 17.6 Å². The van der Waals surface area contributed by atoms with E-state index >= 15 is 0 Å². The lowest BCUT2D eigenvalue weighted by Gasteiger charge is -2.16. The number of aryl methyl sites for hydroxylation is 2. The Hall–Kier alpha value is -3.68. The fourth-order valence-electron chi connectivity index (χ4n) is 3.40. The maximum atomic E-state index is 12.4. The number of amidine groups is 2. The van der Waals surface area contributed by atoms with Crippen LogP contribution < -0.4 is 11.5 Å². The molecule has 8 nitrogen and oxygen atoms in total. The van der Waals surface area contributed by atoms with Gasteiger partial charge in [0, 0.05) is 17.5 Å². The van der Waals surface area contributed by atoms with Crippen molar-refractivity contribution in [3.8, 4) is 0 Å². The van der Waals surface area contributed by atoms with Crippen molar-refractivity contribution in [2.24, 2.45) is 11.5 Å². The molecule has 3 aromatic rings. The number of imidazole rings is 1. The summed E-state index contributed by atoms with van der Waals surface area (Å²) >= 11 is 0. The first-order valence-electron chi connectivity index (χ1n) is 9.77. The monoisotopic (exact) mass is 406 g/mol. The molecule has 0 radical (unpaired) electrons. The van der Waals surface area contributed by atoms with Crippen LogP contribution in [0.5, 0.6) is 0 Å². The first-order valence-corrected chi connectivity index (χ1v) is 9.77. The van der Waals surface area contributed by atoms with Crippen LogP contribution in [0.3, 0.4) is 0 Å². The Morgan fingerprint density at radius 3 is 2.30 bits per heavy atom. The fourth-order valence-corrected chi connectivity index (χ4v) is 3.40. The van der Waals surface area contributed by atoms with Crippen LogP contribution in [0.15, 0.2) is 42.5 Å². The van der Waals surface area contributed by atoms with Gasteiger partial charge in [0.1, 0.15) is 23.5 Å². The fraction of sp³-hybridized carbons (Fsp3) is 0.273. The van der Waals surface area contributed by atoms with Gasteiger partial charge in [-0.15, -0.1) is 0 Å². The summed E-state index contributed by atoms with van der Waals surface area (Å²) in [5.41, 5.74) is 14.9. The Balaban J connectivity index is 1.96. The normalized spacial score (nSPS) is 11.9. The van der Waals surface area contributed by atoms with Crippen molar-refractivity contribution in [3.63, 3.8) is 0 Å². The van der Waals surface area contributed by atoms with Crippen LogP contribution in [0, 0.1) is 10.8 Å². The zero-order valence-corrected chi connectivity index (χ0v) is 17.1. The number of benzene rings is 2. The summed E-state index contributed by atoms with van der Waals surface area (Å²) in [6, 6.07) is 12.3. The van der Waals surface area contributed by atoms with E-state index in [1.165, 1.54) is 0 Å². The van der Waals surface area contributed by atoms with E-state index in [9.17, 15) is 4.79 Å². The van der Waals surface area contributed by atoms with E-state index in [2.05, 4.69) is 0 Å². The quantitative estimate of drug-likeness (QED) is 0.258. The first kappa shape index (κ1) is 21.0. The molecule has 1 unspecified atom stereocenters. The van der Waals surface area contributed by atoms with Crippen molar-refractivity contribution in [1.29, 1.82) is 10.8 Å². The predicted molar refractivity (Wildman–Crippen MR) is 117 cm³/mol. The number of hydrogen-bond acceptors (Lipinski definition) is 5. The molecule has 2 aromatic carbocycles. The van der Waals surface area contributed by atoms with Crippen LogP contribution >= 0.6 is 0 Å². The highest BCUT2D eigenvalue weighted by atomic mass is 16.5. The van der Waals surface area contributed by atoms with Crippen LogP contribution in [0.4, 0.5) is 0 Å².